The summed E-state index contributed by atoms with van der Waals surface area (Å²) < 4.78 is 38.9. The maximum absolute atomic E-state index is 13.9. The Hall–Kier alpha value is -2.77. The monoisotopic (exact) mass is 435 g/mol. The fourth-order valence-corrected chi connectivity index (χ4v) is 3.24. The van der Waals surface area contributed by atoms with Crippen LogP contribution in [0.1, 0.15) is 22.8 Å². The number of morpholine rings is 1. The van der Waals surface area contributed by atoms with Crippen LogP contribution in [0.4, 0.5) is 8.78 Å². The van der Waals surface area contributed by atoms with Crippen LogP contribution >= 0.6 is 11.6 Å². The standard InChI is InChI=1S/C22H20ClF2NO4/c1-14(27)17-6-5-15(11-21(17)25)30-13-16-12-26(9-10-29-16)22(28)8-7-18-19(23)3-2-4-20(18)24/h2-8,11,16H,9-10,12-13H2,1H3. The van der Waals surface area contributed by atoms with E-state index in [0.29, 0.717) is 13.2 Å². The van der Waals surface area contributed by atoms with E-state index in [2.05, 4.69) is 0 Å². The SMILES string of the molecule is CC(=O)c1ccc(OCC2CN(C(=O)C=Cc3c(F)cccc3Cl)CCO2)cc1F. The topological polar surface area (TPSA) is 55.8 Å². The zero-order valence-electron chi connectivity index (χ0n) is 16.2. The zero-order chi connectivity index (χ0) is 21.7. The van der Waals surface area contributed by atoms with Gasteiger partial charge in [-0.3, -0.25) is 9.59 Å². The van der Waals surface area contributed by atoms with E-state index in [1.165, 1.54) is 43.3 Å². The molecule has 1 atom stereocenters. The van der Waals surface area contributed by atoms with Crippen molar-refractivity contribution >= 4 is 29.4 Å². The number of ketones is 1. The molecule has 0 bridgehead atoms. The van der Waals surface area contributed by atoms with Gasteiger partial charge in [-0.1, -0.05) is 17.7 Å². The van der Waals surface area contributed by atoms with Gasteiger partial charge in [0, 0.05) is 24.3 Å². The van der Waals surface area contributed by atoms with E-state index >= 15 is 0 Å². The molecule has 0 N–H and O–H groups in total. The van der Waals surface area contributed by atoms with E-state index in [0.717, 1.165) is 6.07 Å². The first-order valence-corrected chi connectivity index (χ1v) is 9.69. The molecule has 1 amide bonds. The van der Waals surface area contributed by atoms with Crippen LogP contribution in [0.15, 0.2) is 42.5 Å². The number of carbonyl (C=O) groups is 2. The second-order valence-corrected chi connectivity index (χ2v) is 7.16. The number of Topliss-reactive ketones (excluding diaryl/α,β-unsaturated/α-hetero) is 1. The molecule has 5 nitrogen and oxygen atoms in total. The number of ether oxygens (including phenoxy) is 2. The van der Waals surface area contributed by atoms with Crippen LogP contribution < -0.4 is 4.74 Å². The maximum Gasteiger partial charge on any atom is 0.246 e. The van der Waals surface area contributed by atoms with Crippen molar-refractivity contribution in [1.29, 1.82) is 0 Å². The number of hydrogen-bond donors (Lipinski definition) is 0. The predicted molar refractivity (Wildman–Crippen MR) is 109 cm³/mol. The van der Waals surface area contributed by atoms with Crippen LogP contribution in [0.2, 0.25) is 5.02 Å². The number of benzene rings is 2. The molecule has 1 heterocycles. The Balaban J connectivity index is 1.57. The van der Waals surface area contributed by atoms with E-state index in [9.17, 15) is 18.4 Å². The molecular weight excluding hydrogens is 416 g/mol. The summed E-state index contributed by atoms with van der Waals surface area (Å²) >= 11 is 5.96. The van der Waals surface area contributed by atoms with Gasteiger partial charge < -0.3 is 14.4 Å². The maximum atomic E-state index is 13.9. The van der Waals surface area contributed by atoms with Gasteiger partial charge in [0.05, 0.1) is 23.7 Å². The highest BCUT2D eigenvalue weighted by molar-refractivity contribution is 6.32. The lowest BCUT2D eigenvalue weighted by Gasteiger charge is -2.32. The Kier molecular flexibility index (Phi) is 7.18. The van der Waals surface area contributed by atoms with Crippen LogP contribution in [-0.2, 0) is 9.53 Å². The quantitative estimate of drug-likeness (QED) is 0.505. The molecule has 158 valence electrons. The summed E-state index contributed by atoms with van der Waals surface area (Å²) in [4.78, 5) is 25.3. The first kappa shape index (κ1) is 21.9. The predicted octanol–water partition coefficient (Wildman–Crippen LogP) is 4.14. The van der Waals surface area contributed by atoms with E-state index in [1.807, 2.05) is 0 Å². The molecule has 2 aromatic rings. The molecule has 2 aromatic carbocycles. The molecule has 3 rings (SSSR count). The van der Waals surface area contributed by atoms with Crippen LogP contribution in [0.5, 0.6) is 5.75 Å². The van der Waals surface area contributed by atoms with Gasteiger partial charge in [-0.15, -0.1) is 0 Å². The van der Waals surface area contributed by atoms with Crippen LogP contribution in [0, 0.1) is 11.6 Å². The van der Waals surface area contributed by atoms with Crippen LogP contribution in [-0.4, -0.2) is 49.0 Å². The van der Waals surface area contributed by atoms with Gasteiger partial charge in [0.1, 0.15) is 30.1 Å². The van der Waals surface area contributed by atoms with Gasteiger partial charge in [0.2, 0.25) is 5.91 Å². The molecule has 0 aliphatic carbocycles. The minimum Gasteiger partial charge on any atom is -0.491 e. The summed E-state index contributed by atoms with van der Waals surface area (Å²) in [5.74, 6) is -1.58. The summed E-state index contributed by atoms with van der Waals surface area (Å²) in [6.07, 6.45) is 2.20. The molecule has 1 saturated heterocycles. The molecule has 1 aliphatic rings. The smallest absolute Gasteiger partial charge is 0.246 e. The lowest BCUT2D eigenvalue weighted by Crippen LogP contribution is -2.47. The number of amides is 1. The average molecular weight is 436 g/mol. The van der Waals surface area contributed by atoms with E-state index in [4.69, 9.17) is 21.1 Å². The number of hydrogen-bond acceptors (Lipinski definition) is 4. The Morgan fingerprint density at radius 3 is 2.77 bits per heavy atom. The summed E-state index contributed by atoms with van der Waals surface area (Å²) in [6.45, 7) is 2.35. The van der Waals surface area contributed by atoms with Crippen molar-refractivity contribution in [2.24, 2.45) is 0 Å². The lowest BCUT2D eigenvalue weighted by molar-refractivity contribution is -0.134. The minimum absolute atomic E-state index is 0.00483. The third-order valence-corrected chi connectivity index (χ3v) is 4.93. The van der Waals surface area contributed by atoms with Gasteiger partial charge in [0.15, 0.2) is 5.78 Å². The zero-order valence-corrected chi connectivity index (χ0v) is 17.0. The van der Waals surface area contributed by atoms with Crippen molar-refractivity contribution in [3.8, 4) is 5.75 Å². The summed E-state index contributed by atoms with van der Waals surface area (Å²) in [6, 6.07) is 8.31. The fraction of sp³-hybridized carbons (Fsp3) is 0.273. The molecule has 0 saturated carbocycles. The Bertz CT molecular complexity index is 959. The van der Waals surface area contributed by atoms with Gasteiger partial charge in [-0.2, -0.15) is 0 Å². The van der Waals surface area contributed by atoms with E-state index in [-0.39, 0.29) is 46.7 Å². The molecule has 30 heavy (non-hydrogen) atoms. The highest BCUT2D eigenvalue weighted by Crippen LogP contribution is 2.21. The Morgan fingerprint density at radius 1 is 1.27 bits per heavy atom. The van der Waals surface area contributed by atoms with Gasteiger partial charge in [0.25, 0.3) is 0 Å². The first-order chi connectivity index (χ1) is 14.3. The Morgan fingerprint density at radius 2 is 2.07 bits per heavy atom. The van der Waals surface area contributed by atoms with Crippen molar-refractivity contribution < 1.29 is 27.8 Å². The molecule has 1 aliphatic heterocycles. The molecule has 0 spiro atoms. The van der Waals surface area contributed by atoms with E-state index < -0.39 is 17.7 Å². The summed E-state index contributed by atoms with van der Waals surface area (Å²) in [5.41, 5.74) is 0.145. The Labute approximate surface area is 177 Å². The van der Waals surface area contributed by atoms with Crippen molar-refractivity contribution in [3.63, 3.8) is 0 Å². The van der Waals surface area contributed by atoms with Crippen molar-refractivity contribution in [2.45, 2.75) is 13.0 Å². The van der Waals surface area contributed by atoms with Gasteiger partial charge in [-0.25, -0.2) is 8.78 Å². The third-order valence-electron chi connectivity index (χ3n) is 4.60. The second-order valence-electron chi connectivity index (χ2n) is 6.75. The highest BCUT2D eigenvalue weighted by Gasteiger charge is 2.24. The van der Waals surface area contributed by atoms with Crippen LogP contribution in [0.3, 0.4) is 0 Å². The van der Waals surface area contributed by atoms with Gasteiger partial charge >= 0.3 is 0 Å². The number of halogens is 3. The molecule has 1 unspecified atom stereocenters. The number of carbonyl (C=O) groups excluding carboxylic acids is 2. The summed E-state index contributed by atoms with van der Waals surface area (Å²) in [5, 5.41) is 0.218. The molecular formula is C22H20ClF2NO4. The second kappa shape index (κ2) is 9.82. The largest absolute Gasteiger partial charge is 0.491 e. The van der Waals surface area contributed by atoms with Gasteiger partial charge in [-0.05, 0) is 37.3 Å². The van der Waals surface area contributed by atoms with Crippen molar-refractivity contribution in [1.82, 2.24) is 4.90 Å². The van der Waals surface area contributed by atoms with Crippen LogP contribution in [0.25, 0.3) is 6.08 Å². The number of nitrogens with zero attached hydrogens (tertiary/aromatic N) is 1. The minimum atomic E-state index is -0.654. The highest BCUT2D eigenvalue weighted by atomic mass is 35.5. The molecule has 8 heteroatoms. The lowest BCUT2D eigenvalue weighted by atomic mass is 10.1. The molecule has 0 aromatic heterocycles. The summed E-state index contributed by atoms with van der Waals surface area (Å²) in [7, 11) is 0. The molecule has 1 fully saturated rings. The third kappa shape index (κ3) is 5.43. The number of rotatable bonds is 6. The normalized spacial score (nSPS) is 16.7. The van der Waals surface area contributed by atoms with E-state index in [1.54, 1.807) is 11.0 Å². The first-order valence-electron chi connectivity index (χ1n) is 9.31. The molecule has 0 radical (unpaired) electrons. The fourth-order valence-electron chi connectivity index (χ4n) is 3.01. The van der Waals surface area contributed by atoms with Crippen molar-refractivity contribution in [2.75, 3.05) is 26.3 Å². The van der Waals surface area contributed by atoms with Crippen molar-refractivity contribution in [3.05, 3.63) is 70.3 Å². The average Bonchev–Trinajstić information content (AvgIpc) is 2.71.